The Morgan fingerprint density at radius 1 is 0.971 bits per heavy atom. The highest BCUT2D eigenvalue weighted by Gasteiger charge is 2.16. The Balaban J connectivity index is 1.44. The van der Waals surface area contributed by atoms with Crippen LogP contribution >= 0.6 is 47.0 Å². The third-order valence-electron chi connectivity index (χ3n) is 5.16. The van der Waals surface area contributed by atoms with E-state index in [-0.39, 0.29) is 5.82 Å². The zero-order valence-corrected chi connectivity index (χ0v) is 21.3. The van der Waals surface area contributed by atoms with Gasteiger partial charge in [0.1, 0.15) is 10.8 Å². The molecule has 11 heteroatoms. The number of halogens is 4. The topological polar surface area (TPSA) is 59.7 Å². The highest BCUT2D eigenvalue weighted by molar-refractivity contribution is 7.80. The van der Waals surface area contributed by atoms with E-state index >= 15 is 0 Å². The van der Waals surface area contributed by atoms with E-state index in [0.29, 0.717) is 39.1 Å². The van der Waals surface area contributed by atoms with E-state index in [1.54, 1.807) is 35.1 Å². The summed E-state index contributed by atoms with van der Waals surface area (Å²) in [6, 6.07) is 11.6. The number of aryl methyl sites for hydroxylation is 1. The van der Waals surface area contributed by atoms with Crippen molar-refractivity contribution in [2.75, 3.05) is 10.6 Å². The molecule has 2 aromatic carbocycles. The van der Waals surface area contributed by atoms with Crippen LogP contribution in [0.1, 0.15) is 22.5 Å². The van der Waals surface area contributed by atoms with Gasteiger partial charge in [-0.2, -0.15) is 10.2 Å². The Kier molecular flexibility index (Phi) is 7.42. The van der Waals surface area contributed by atoms with Gasteiger partial charge in [0.25, 0.3) is 0 Å². The number of thiocarbonyl (C=S) groups is 1. The van der Waals surface area contributed by atoms with Gasteiger partial charge in [-0.05, 0) is 61.5 Å². The Morgan fingerprint density at radius 2 is 1.71 bits per heavy atom. The van der Waals surface area contributed by atoms with Gasteiger partial charge in [0.05, 0.1) is 30.2 Å². The van der Waals surface area contributed by atoms with Crippen LogP contribution in [0.15, 0.2) is 48.7 Å². The Morgan fingerprint density at radius 3 is 2.41 bits per heavy atom. The fourth-order valence-corrected chi connectivity index (χ4v) is 4.30. The first-order valence-electron chi connectivity index (χ1n) is 10.2. The Bertz CT molecular complexity index is 1350. The van der Waals surface area contributed by atoms with Crippen LogP contribution in [0.4, 0.5) is 15.9 Å². The van der Waals surface area contributed by atoms with E-state index in [9.17, 15) is 4.39 Å². The highest BCUT2D eigenvalue weighted by Crippen LogP contribution is 2.26. The molecule has 0 fully saturated rings. The normalized spacial score (nSPS) is 11.0. The van der Waals surface area contributed by atoms with Crippen molar-refractivity contribution in [3.8, 4) is 0 Å². The quantitative estimate of drug-likeness (QED) is 0.268. The average molecular weight is 538 g/mol. The first-order chi connectivity index (χ1) is 16.2. The summed E-state index contributed by atoms with van der Waals surface area (Å²) in [7, 11) is 0. The van der Waals surface area contributed by atoms with E-state index in [1.807, 2.05) is 24.6 Å². The Hall–Kier alpha value is -2.65. The summed E-state index contributed by atoms with van der Waals surface area (Å²) in [6.45, 7) is 4.77. The summed E-state index contributed by atoms with van der Waals surface area (Å²) in [5, 5.41) is 17.2. The third kappa shape index (κ3) is 5.70. The zero-order chi connectivity index (χ0) is 24.4. The van der Waals surface area contributed by atoms with Crippen molar-refractivity contribution >= 4 is 63.6 Å². The molecule has 176 valence electrons. The molecule has 2 heterocycles. The lowest BCUT2D eigenvalue weighted by Crippen LogP contribution is -2.20. The largest absolute Gasteiger partial charge is 0.329 e. The summed E-state index contributed by atoms with van der Waals surface area (Å²) in [4.78, 5) is 0. The molecule has 4 rings (SSSR count). The van der Waals surface area contributed by atoms with Crippen molar-refractivity contribution < 1.29 is 4.39 Å². The Labute approximate surface area is 216 Å². The molecule has 0 radical (unpaired) electrons. The van der Waals surface area contributed by atoms with Crippen LogP contribution in [-0.2, 0) is 13.1 Å². The SMILES string of the molecule is Cc1nn(Cc2ccc(Cl)cc2Cl)c(C)c1NC(=S)Nc1nn(Cc2ccc(F)cc2)cc1Cl. The summed E-state index contributed by atoms with van der Waals surface area (Å²) >= 11 is 24.1. The molecule has 2 N–H and O–H groups in total. The van der Waals surface area contributed by atoms with E-state index in [2.05, 4.69) is 20.8 Å². The fourth-order valence-electron chi connectivity index (χ4n) is 3.43. The molecule has 0 aliphatic rings. The molecule has 0 atom stereocenters. The minimum atomic E-state index is -0.286. The summed E-state index contributed by atoms with van der Waals surface area (Å²) in [6.07, 6.45) is 1.68. The lowest BCUT2D eigenvalue weighted by atomic mass is 10.2. The number of hydrogen-bond acceptors (Lipinski definition) is 3. The van der Waals surface area contributed by atoms with Gasteiger partial charge in [0.15, 0.2) is 10.9 Å². The van der Waals surface area contributed by atoms with Gasteiger partial charge < -0.3 is 10.6 Å². The van der Waals surface area contributed by atoms with Gasteiger partial charge in [-0.1, -0.05) is 53.0 Å². The fraction of sp³-hybridized carbons (Fsp3) is 0.174. The molecular weight excluding hydrogens is 518 g/mol. The molecule has 0 unspecified atom stereocenters. The van der Waals surface area contributed by atoms with Crippen molar-refractivity contribution in [1.82, 2.24) is 19.6 Å². The van der Waals surface area contributed by atoms with Crippen LogP contribution in [0.2, 0.25) is 15.1 Å². The smallest absolute Gasteiger partial charge is 0.176 e. The van der Waals surface area contributed by atoms with Crippen molar-refractivity contribution in [2.45, 2.75) is 26.9 Å². The molecule has 0 aliphatic carbocycles. The predicted octanol–water partition coefficient (Wildman–Crippen LogP) is 6.70. The number of aromatic nitrogens is 4. The van der Waals surface area contributed by atoms with Gasteiger partial charge >= 0.3 is 0 Å². The molecule has 0 bridgehead atoms. The standard InChI is InChI=1S/C23H20Cl3FN6S/c1-13-21(14(2)33(30-13)11-16-5-6-17(24)9-19(16)25)28-23(34)29-22-20(26)12-32(31-22)10-15-3-7-18(27)8-4-15/h3-9,12H,10-11H2,1-2H3,(H2,28,29,31,34). The summed E-state index contributed by atoms with van der Waals surface area (Å²) < 4.78 is 16.6. The molecule has 0 aliphatic heterocycles. The molecule has 4 aromatic rings. The minimum absolute atomic E-state index is 0.286. The van der Waals surface area contributed by atoms with Gasteiger partial charge in [0.2, 0.25) is 0 Å². The van der Waals surface area contributed by atoms with Gasteiger partial charge in [-0.15, -0.1) is 0 Å². The molecule has 34 heavy (non-hydrogen) atoms. The summed E-state index contributed by atoms with van der Waals surface area (Å²) in [5.74, 6) is 0.128. The second-order valence-corrected chi connectivity index (χ2v) is 9.33. The maximum absolute atomic E-state index is 13.1. The minimum Gasteiger partial charge on any atom is -0.329 e. The number of benzene rings is 2. The molecule has 6 nitrogen and oxygen atoms in total. The second-order valence-electron chi connectivity index (χ2n) is 7.67. The average Bonchev–Trinajstić information content (AvgIpc) is 3.24. The van der Waals surface area contributed by atoms with Gasteiger partial charge in [0, 0.05) is 16.2 Å². The number of hydrogen-bond donors (Lipinski definition) is 2. The number of rotatable bonds is 6. The van der Waals surface area contributed by atoms with Crippen LogP contribution in [-0.4, -0.2) is 24.7 Å². The monoisotopic (exact) mass is 536 g/mol. The number of anilines is 2. The van der Waals surface area contributed by atoms with Crippen LogP contribution in [0.25, 0.3) is 0 Å². The van der Waals surface area contributed by atoms with Gasteiger partial charge in [-0.25, -0.2) is 4.39 Å². The molecule has 0 saturated carbocycles. The first kappa shape index (κ1) is 24.5. The van der Waals surface area contributed by atoms with E-state index < -0.39 is 0 Å². The molecular formula is C23H20Cl3FN6S. The van der Waals surface area contributed by atoms with E-state index in [1.165, 1.54) is 12.1 Å². The van der Waals surface area contributed by atoms with Crippen LogP contribution in [0.5, 0.6) is 0 Å². The first-order valence-corrected chi connectivity index (χ1v) is 11.8. The van der Waals surface area contributed by atoms with Crippen molar-refractivity contribution in [1.29, 1.82) is 0 Å². The highest BCUT2D eigenvalue weighted by atomic mass is 35.5. The molecule has 2 aromatic heterocycles. The number of nitrogens with zero attached hydrogens (tertiary/aromatic N) is 4. The third-order valence-corrected chi connectivity index (χ3v) is 6.23. The lowest BCUT2D eigenvalue weighted by molar-refractivity contribution is 0.624. The molecule has 0 amide bonds. The number of nitrogens with one attached hydrogen (secondary N) is 2. The van der Waals surface area contributed by atoms with Gasteiger partial charge in [-0.3, -0.25) is 9.36 Å². The van der Waals surface area contributed by atoms with Crippen LogP contribution in [0, 0.1) is 19.7 Å². The van der Waals surface area contributed by atoms with E-state index in [4.69, 9.17) is 47.0 Å². The summed E-state index contributed by atoms with van der Waals surface area (Å²) in [5.41, 5.74) is 4.25. The van der Waals surface area contributed by atoms with E-state index in [0.717, 1.165) is 28.2 Å². The molecule has 0 saturated heterocycles. The lowest BCUT2D eigenvalue weighted by Gasteiger charge is -2.11. The van der Waals surface area contributed by atoms with Crippen molar-refractivity contribution in [3.05, 3.63) is 92.1 Å². The van der Waals surface area contributed by atoms with Crippen molar-refractivity contribution in [2.24, 2.45) is 0 Å². The van der Waals surface area contributed by atoms with Crippen molar-refractivity contribution in [3.63, 3.8) is 0 Å². The van der Waals surface area contributed by atoms with Crippen LogP contribution < -0.4 is 10.6 Å². The predicted molar refractivity (Wildman–Crippen MR) is 140 cm³/mol. The molecule has 0 spiro atoms. The maximum Gasteiger partial charge on any atom is 0.176 e. The zero-order valence-electron chi connectivity index (χ0n) is 18.2. The second kappa shape index (κ2) is 10.3. The maximum atomic E-state index is 13.1. The van der Waals surface area contributed by atoms with Crippen LogP contribution in [0.3, 0.4) is 0 Å².